The van der Waals surface area contributed by atoms with Crippen molar-refractivity contribution in [3.63, 3.8) is 0 Å². The molecule has 17 heavy (non-hydrogen) atoms. The van der Waals surface area contributed by atoms with E-state index in [1.807, 2.05) is 6.20 Å². The van der Waals surface area contributed by atoms with Crippen molar-refractivity contribution >= 4 is 16.5 Å². The van der Waals surface area contributed by atoms with Gasteiger partial charge in [-0.2, -0.15) is 0 Å². The lowest BCUT2D eigenvalue weighted by Crippen LogP contribution is -2.34. The van der Waals surface area contributed by atoms with E-state index >= 15 is 0 Å². The largest absolute Gasteiger partial charge is 0.375 e. The monoisotopic (exact) mass is 251 g/mol. The molecule has 0 bridgehead atoms. The van der Waals surface area contributed by atoms with Gasteiger partial charge in [-0.3, -0.25) is 4.90 Å². The van der Waals surface area contributed by atoms with Crippen LogP contribution in [-0.4, -0.2) is 22.5 Å². The quantitative estimate of drug-likeness (QED) is 0.879. The molecule has 0 spiro atoms. The van der Waals surface area contributed by atoms with E-state index in [9.17, 15) is 0 Å². The second kappa shape index (κ2) is 4.58. The summed E-state index contributed by atoms with van der Waals surface area (Å²) in [6, 6.07) is 0.821. The number of hydrogen-bond acceptors (Lipinski definition) is 4. The summed E-state index contributed by atoms with van der Waals surface area (Å²) in [5, 5.41) is 0.701. The predicted molar refractivity (Wildman–Crippen MR) is 71.8 cm³/mol. The van der Waals surface area contributed by atoms with Gasteiger partial charge >= 0.3 is 0 Å². The third-order valence-corrected chi connectivity index (χ3v) is 5.25. The van der Waals surface area contributed by atoms with Crippen LogP contribution in [0.25, 0.3) is 0 Å². The number of nitrogens with zero attached hydrogens (tertiary/aromatic N) is 2. The summed E-state index contributed by atoms with van der Waals surface area (Å²) < 4.78 is 0. The first kappa shape index (κ1) is 11.5. The van der Waals surface area contributed by atoms with Crippen molar-refractivity contribution in [1.82, 2.24) is 9.88 Å². The van der Waals surface area contributed by atoms with Crippen LogP contribution in [0.4, 0.5) is 5.13 Å². The Labute approximate surface area is 107 Å². The lowest BCUT2D eigenvalue weighted by atomic mass is 9.80. The van der Waals surface area contributed by atoms with E-state index < -0.39 is 0 Å². The molecule has 94 valence electrons. The minimum Gasteiger partial charge on any atom is -0.375 e. The molecule has 3 rings (SSSR count). The molecule has 1 aromatic rings. The number of nitrogens with two attached hydrogens (primary N) is 1. The minimum absolute atomic E-state index is 0.701. The van der Waals surface area contributed by atoms with Crippen LogP contribution >= 0.6 is 11.3 Å². The standard InChI is InChI=1S/C13H21N3S/c1-9-7-16(8-10-6-15-13(14)17-10)12-5-3-2-4-11(9)12/h6,9,11-12H,2-5,7-8H2,1H3,(H2,14,15). The van der Waals surface area contributed by atoms with Gasteiger partial charge in [0, 0.05) is 30.2 Å². The number of anilines is 1. The minimum atomic E-state index is 0.701. The van der Waals surface area contributed by atoms with Crippen molar-refractivity contribution in [1.29, 1.82) is 0 Å². The summed E-state index contributed by atoms with van der Waals surface area (Å²) in [5.74, 6) is 1.81. The highest BCUT2D eigenvalue weighted by Crippen LogP contribution is 2.40. The van der Waals surface area contributed by atoms with E-state index in [4.69, 9.17) is 5.73 Å². The second-order valence-electron chi connectivity index (χ2n) is 5.59. The van der Waals surface area contributed by atoms with Gasteiger partial charge in [0.25, 0.3) is 0 Å². The number of fused-ring (bicyclic) bond motifs is 1. The van der Waals surface area contributed by atoms with E-state index in [0.717, 1.165) is 24.4 Å². The summed E-state index contributed by atoms with van der Waals surface area (Å²) in [6.07, 6.45) is 7.62. The Morgan fingerprint density at radius 3 is 3.06 bits per heavy atom. The molecule has 2 N–H and O–H groups in total. The molecule has 0 aromatic carbocycles. The first-order valence-electron chi connectivity index (χ1n) is 6.68. The summed E-state index contributed by atoms with van der Waals surface area (Å²) in [6.45, 7) is 4.73. The van der Waals surface area contributed by atoms with Crippen LogP contribution in [0.5, 0.6) is 0 Å². The number of aromatic nitrogens is 1. The average Bonchev–Trinajstić information content (AvgIpc) is 2.86. The highest BCUT2D eigenvalue weighted by Gasteiger charge is 2.40. The highest BCUT2D eigenvalue weighted by atomic mass is 32.1. The number of nitrogen functional groups attached to an aromatic ring is 1. The van der Waals surface area contributed by atoms with E-state index in [2.05, 4.69) is 16.8 Å². The molecular weight excluding hydrogens is 230 g/mol. The van der Waals surface area contributed by atoms with Crippen molar-refractivity contribution in [3.05, 3.63) is 11.1 Å². The maximum absolute atomic E-state index is 5.70. The fourth-order valence-electron chi connectivity index (χ4n) is 3.68. The van der Waals surface area contributed by atoms with Gasteiger partial charge in [-0.25, -0.2) is 4.98 Å². The van der Waals surface area contributed by atoms with E-state index in [1.165, 1.54) is 37.1 Å². The van der Waals surface area contributed by atoms with Crippen LogP contribution in [0, 0.1) is 11.8 Å². The van der Waals surface area contributed by atoms with Gasteiger partial charge in [0.05, 0.1) is 0 Å². The van der Waals surface area contributed by atoms with Gasteiger partial charge in [0.2, 0.25) is 0 Å². The molecule has 1 saturated carbocycles. The van der Waals surface area contributed by atoms with Crippen molar-refractivity contribution < 1.29 is 0 Å². The van der Waals surface area contributed by atoms with Gasteiger partial charge in [-0.1, -0.05) is 19.8 Å². The normalized spacial score (nSPS) is 33.8. The van der Waals surface area contributed by atoms with Crippen molar-refractivity contribution in [3.8, 4) is 0 Å². The van der Waals surface area contributed by atoms with E-state index in [-0.39, 0.29) is 0 Å². The molecule has 3 atom stereocenters. The van der Waals surface area contributed by atoms with Crippen LogP contribution in [0.3, 0.4) is 0 Å². The van der Waals surface area contributed by atoms with E-state index in [0.29, 0.717) is 5.13 Å². The molecule has 4 heteroatoms. The van der Waals surface area contributed by atoms with Gasteiger partial charge in [-0.05, 0) is 24.7 Å². The maximum atomic E-state index is 5.70. The molecule has 1 aliphatic heterocycles. The fourth-order valence-corrected chi connectivity index (χ4v) is 4.39. The third kappa shape index (κ3) is 2.20. The molecule has 1 aliphatic carbocycles. The Morgan fingerprint density at radius 1 is 1.47 bits per heavy atom. The molecule has 1 saturated heterocycles. The Bertz CT molecular complexity index is 390. The Hall–Kier alpha value is -0.610. The molecular formula is C13H21N3S. The topological polar surface area (TPSA) is 42.2 Å². The SMILES string of the molecule is CC1CN(Cc2cnc(N)s2)C2CCCCC12. The van der Waals surface area contributed by atoms with Crippen molar-refractivity contribution in [2.75, 3.05) is 12.3 Å². The van der Waals surface area contributed by atoms with Crippen LogP contribution in [0.2, 0.25) is 0 Å². The number of likely N-dealkylation sites (tertiary alicyclic amines) is 1. The van der Waals surface area contributed by atoms with Crippen LogP contribution in [0.15, 0.2) is 6.20 Å². The smallest absolute Gasteiger partial charge is 0.180 e. The molecule has 3 nitrogen and oxygen atoms in total. The van der Waals surface area contributed by atoms with Gasteiger partial charge in [0.1, 0.15) is 0 Å². The molecule has 2 aliphatic rings. The molecule has 2 heterocycles. The zero-order valence-corrected chi connectivity index (χ0v) is 11.2. The van der Waals surface area contributed by atoms with Crippen molar-refractivity contribution in [2.24, 2.45) is 11.8 Å². The number of rotatable bonds is 2. The Kier molecular flexibility index (Phi) is 3.09. The lowest BCUT2D eigenvalue weighted by molar-refractivity contribution is 0.175. The molecule has 3 unspecified atom stereocenters. The zero-order chi connectivity index (χ0) is 11.8. The predicted octanol–water partition coefficient (Wildman–Crippen LogP) is 2.74. The van der Waals surface area contributed by atoms with Gasteiger partial charge in [0.15, 0.2) is 5.13 Å². The molecule has 0 amide bonds. The zero-order valence-electron chi connectivity index (χ0n) is 10.4. The second-order valence-corrected chi connectivity index (χ2v) is 6.73. The van der Waals surface area contributed by atoms with Gasteiger partial charge < -0.3 is 5.73 Å². The summed E-state index contributed by atoms with van der Waals surface area (Å²) in [5.41, 5.74) is 5.70. The Morgan fingerprint density at radius 2 is 2.29 bits per heavy atom. The molecule has 0 radical (unpaired) electrons. The summed E-state index contributed by atoms with van der Waals surface area (Å²) in [4.78, 5) is 8.14. The maximum Gasteiger partial charge on any atom is 0.180 e. The summed E-state index contributed by atoms with van der Waals surface area (Å²) >= 11 is 1.64. The summed E-state index contributed by atoms with van der Waals surface area (Å²) in [7, 11) is 0. The number of thiazole rings is 1. The highest BCUT2D eigenvalue weighted by molar-refractivity contribution is 7.15. The van der Waals surface area contributed by atoms with Gasteiger partial charge in [-0.15, -0.1) is 11.3 Å². The fraction of sp³-hybridized carbons (Fsp3) is 0.769. The van der Waals surface area contributed by atoms with Crippen LogP contribution < -0.4 is 5.73 Å². The average molecular weight is 251 g/mol. The van der Waals surface area contributed by atoms with Crippen molar-refractivity contribution in [2.45, 2.75) is 45.2 Å². The lowest BCUT2D eigenvalue weighted by Gasteiger charge is -2.31. The Balaban J connectivity index is 1.71. The molecule has 2 fully saturated rings. The first-order valence-corrected chi connectivity index (χ1v) is 7.50. The van der Waals surface area contributed by atoms with Crippen LogP contribution in [0.1, 0.15) is 37.5 Å². The third-order valence-electron chi connectivity index (χ3n) is 4.43. The molecule has 1 aromatic heterocycles. The number of hydrogen-bond donors (Lipinski definition) is 1. The van der Waals surface area contributed by atoms with E-state index in [1.54, 1.807) is 11.3 Å². The van der Waals surface area contributed by atoms with Crippen LogP contribution in [-0.2, 0) is 6.54 Å². The first-order chi connectivity index (χ1) is 8.24.